The first-order chi connectivity index (χ1) is 29.8. The van der Waals surface area contributed by atoms with Gasteiger partial charge in [0.25, 0.3) is 5.91 Å². The summed E-state index contributed by atoms with van der Waals surface area (Å²) in [6.07, 6.45) is 6.75. The highest BCUT2D eigenvalue weighted by atomic mass is 16.5. The number of phenolic OH excluding ortho intramolecular Hbond substituents is 1. The minimum Gasteiger partial charge on any atom is -0.508 e. The highest BCUT2D eigenvalue weighted by molar-refractivity contribution is 5.99. The maximum absolute atomic E-state index is 12.2. The molecule has 9 rings (SSSR count). The number of hydrogen-bond donors (Lipinski definition) is 3. The Morgan fingerprint density at radius 3 is 2.49 bits per heavy atom. The number of rotatable bonds is 10. The lowest BCUT2D eigenvalue weighted by Gasteiger charge is -2.47. The van der Waals surface area contributed by atoms with Crippen LogP contribution in [0.4, 0.5) is 11.4 Å². The number of aldehydes is 1. The number of nitrogens with zero attached hydrogens (tertiary/aromatic N) is 3. The Morgan fingerprint density at radius 1 is 0.951 bits per heavy atom. The van der Waals surface area contributed by atoms with Crippen LogP contribution in [0.2, 0.25) is 0 Å². The molecule has 3 unspecified atom stereocenters. The average molecular weight is 830 g/mol. The van der Waals surface area contributed by atoms with Crippen molar-refractivity contribution < 1.29 is 29.0 Å². The van der Waals surface area contributed by atoms with E-state index in [1.54, 1.807) is 14.2 Å². The second-order valence-corrected chi connectivity index (χ2v) is 16.6. The molecule has 2 fully saturated rings. The second kappa shape index (κ2) is 20.3. The van der Waals surface area contributed by atoms with Crippen molar-refractivity contribution in [2.45, 2.75) is 83.2 Å². The number of aromatic hydroxyl groups is 1. The molecule has 11 heteroatoms. The maximum atomic E-state index is 12.2. The van der Waals surface area contributed by atoms with Crippen LogP contribution < -0.4 is 29.9 Å². The molecular formula is C50H63N5O6. The predicted molar refractivity (Wildman–Crippen MR) is 241 cm³/mol. The fraction of sp³-hybridized carbons (Fsp3) is 0.460. The summed E-state index contributed by atoms with van der Waals surface area (Å²) in [5.74, 6) is 3.30. The van der Waals surface area contributed by atoms with Gasteiger partial charge in [-0.3, -0.25) is 14.5 Å². The van der Waals surface area contributed by atoms with Crippen molar-refractivity contribution in [3.63, 3.8) is 0 Å². The van der Waals surface area contributed by atoms with Gasteiger partial charge in [0.05, 0.1) is 18.8 Å². The number of piperazine rings is 1. The lowest BCUT2D eigenvalue weighted by Crippen LogP contribution is -2.58. The number of nitrogens with one attached hydrogen (secondary N) is 2. The molecule has 4 aliphatic heterocycles. The van der Waals surface area contributed by atoms with Crippen LogP contribution in [-0.4, -0.2) is 94.2 Å². The van der Waals surface area contributed by atoms with Crippen LogP contribution in [-0.2, 0) is 22.6 Å². The molecule has 0 spiro atoms. The zero-order valence-corrected chi connectivity index (χ0v) is 36.3. The third-order valence-corrected chi connectivity index (χ3v) is 13.0. The Morgan fingerprint density at radius 2 is 1.74 bits per heavy atom. The van der Waals surface area contributed by atoms with Gasteiger partial charge in [0, 0.05) is 94.5 Å². The van der Waals surface area contributed by atoms with Gasteiger partial charge in [-0.25, -0.2) is 0 Å². The lowest BCUT2D eigenvalue weighted by molar-refractivity contribution is -0.120. The van der Waals surface area contributed by atoms with E-state index in [0.717, 1.165) is 86.7 Å². The number of carbonyl (C=O) groups is 3. The third kappa shape index (κ3) is 9.83. The molecule has 4 aromatic rings. The molecule has 4 aromatic carbocycles. The molecule has 3 N–H and O–H groups in total. The number of hydrogen-bond acceptors (Lipinski definition) is 9. The molecule has 2 saturated heterocycles. The quantitative estimate of drug-likeness (QED) is 0.111. The highest BCUT2D eigenvalue weighted by Gasteiger charge is 2.37. The minimum atomic E-state index is -0.00292. The average Bonchev–Trinajstić information content (AvgIpc) is 3.67. The number of anilines is 2. The number of amides is 2. The van der Waals surface area contributed by atoms with Crippen LogP contribution in [0.5, 0.6) is 17.2 Å². The first kappa shape index (κ1) is 43.5. The Hall–Kier alpha value is -5.55. The molecule has 2 amide bonds. The van der Waals surface area contributed by atoms with Crippen molar-refractivity contribution in [3.8, 4) is 17.2 Å². The summed E-state index contributed by atoms with van der Waals surface area (Å²) in [7, 11) is 3.39. The summed E-state index contributed by atoms with van der Waals surface area (Å²) < 4.78 is 12.4. The first-order valence-electron chi connectivity index (χ1n) is 22.3. The fourth-order valence-electron chi connectivity index (χ4n) is 9.92. The van der Waals surface area contributed by atoms with Gasteiger partial charge in [-0.15, -0.1) is 0 Å². The van der Waals surface area contributed by atoms with Gasteiger partial charge < -0.3 is 39.8 Å². The summed E-state index contributed by atoms with van der Waals surface area (Å²) in [6.45, 7) is 11.6. The van der Waals surface area contributed by atoms with E-state index in [-0.39, 0.29) is 17.7 Å². The van der Waals surface area contributed by atoms with E-state index in [2.05, 4.69) is 86.0 Å². The number of fused-ring (bicyclic) bond motifs is 5. The summed E-state index contributed by atoms with van der Waals surface area (Å²) in [5.41, 5.74) is 9.31. The van der Waals surface area contributed by atoms with Crippen LogP contribution in [0.3, 0.4) is 0 Å². The van der Waals surface area contributed by atoms with Crippen LogP contribution in [0.15, 0.2) is 78.9 Å². The normalized spacial score (nSPS) is 20.5. The monoisotopic (exact) mass is 829 g/mol. The largest absolute Gasteiger partial charge is 0.508 e. The standard InChI is InChI=1S/C42H46N4O4.C6H11NO2.C2H6/c1-49-39-21-31(8-11-36(39)41-34(28-5-3-2-4-6-28)10-7-29-19-33(47)9-12-35(29)41)45-15-13-27(14-16-45)24-44-17-18-46-32(25-44)26-50-40-22-37-30(20-38(40)46)23-43-42(37)48;1-7-6(9)4-2-3-5-8;1-2/h2-6,8-9,11-12,19-22,27,32,34,41,47H,7,10,13-18,23-26H2,1H3,(H,43,48);5H,2-4H2,1H3,(H,7,9);1-2H3. The van der Waals surface area contributed by atoms with E-state index in [0.29, 0.717) is 56.0 Å². The minimum absolute atomic E-state index is 0.00292. The summed E-state index contributed by atoms with van der Waals surface area (Å²) in [4.78, 5) is 40.1. The third-order valence-electron chi connectivity index (χ3n) is 13.0. The van der Waals surface area contributed by atoms with Crippen molar-refractivity contribution in [2.24, 2.45) is 5.92 Å². The number of methoxy groups -OCH3 is 1. The highest BCUT2D eigenvalue weighted by Crippen LogP contribution is 2.50. The molecule has 3 atom stereocenters. The predicted octanol–water partition coefficient (Wildman–Crippen LogP) is 7.43. The van der Waals surface area contributed by atoms with E-state index in [9.17, 15) is 19.5 Å². The number of carbonyl (C=O) groups excluding carboxylic acids is 3. The molecule has 5 aliphatic rings. The fourth-order valence-corrected chi connectivity index (χ4v) is 9.92. The molecule has 0 aromatic heterocycles. The molecule has 0 radical (unpaired) electrons. The Balaban J connectivity index is 0.000000456. The van der Waals surface area contributed by atoms with Crippen molar-refractivity contribution in [2.75, 3.05) is 69.8 Å². The van der Waals surface area contributed by atoms with Crippen molar-refractivity contribution in [3.05, 3.63) is 112 Å². The molecular weight excluding hydrogens is 767 g/mol. The summed E-state index contributed by atoms with van der Waals surface area (Å²) >= 11 is 0. The van der Waals surface area contributed by atoms with Crippen molar-refractivity contribution in [1.29, 1.82) is 0 Å². The molecule has 4 heterocycles. The molecule has 11 nitrogen and oxygen atoms in total. The zero-order chi connectivity index (χ0) is 42.9. The van der Waals surface area contributed by atoms with Gasteiger partial charge in [0.2, 0.25) is 5.91 Å². The molecule has 1 aliphatic carbocycles. The lowest BCUT2D eigenvalue weighted by atomic mass is 9.69. The van der Waals surface area contributed by atoms with E-state index in [1.807, 2.05) is 32.0 Å². The zero-order valence-electron chi connectivity index (χ0n) is 36.3. The van der Waals surface area contributed by atoms with Gasteiger partial charge in [-0.1, -0.05) is 56.3 Å². The first-order valence-corrected chi connectivity index (χ1v) is 22.3. The van der Waals surface area contributed by atoms with E-state index in [1.165, 1.54) is 40.8 Å². The van der Waals surface area contributed by atoms with Crippen molar-refractivity contribution >= 4 is 29.5 Å². The Bertz CT molecular complexity index is 2140. The Kier molecular flexibility index (Phi) is 14.5. The smallest absolute Gasteiger partial charge is 0.252 e. The number of unbranched alkanes of at least 4 members (excludes halogenated alkanes) is 1. The summed E-state index contributed by atoms with van der Waals surface area (Å²) in [6, 6.07) is 28.1. The SMILES string of the molecule is CC.CNC(=O)CCCC=O.COc1cc(N2CCC(CN3CCN4c5cc6c(cc5OCC4C3)C(=O)NC6)CC2)ccc1C1c2ccc(O)cc2CCC1c1ccccc1. The van der Waals surface area contributed by atoms with E-state index in [4.69, 9.17) is 9.47 Å². The topological polar surface area (TPSA) is 124 Å². The van der Waals surface area contributed by atoms with Crippen LogP contribution in [0, 0.1) is 5.92 Å². The number of phenols is 1. The maximum Gasteiger partial charge on any atom is 0.252 e. The summed E-state index contributed by atoms with van der Waals surface area (Å²) in [5, 5.41) is 15.7. The number of aryl methyl sites for hydroxylation is 1. The van der Waals surface area contributed by atoms with Gasteiger partial charge in [0.1, 0.15) is 30.1 Å². The number of benzene rings is 4. The molecule has 0 saturated carbocycles. The van der Waals surface area contributed by atoms with Gasteiger partial charge in [0.15, 0.2) is 0 Å². The molecule has 324 valence electrons. The van der Waals surface area contributed by atoms with Crippen LogP contribution in [0.25, 0.3) is 0 Å². The van der Waals surface area contributed by atoms with Crippen LogP contribution >= 0.6 is 0 Å². The van der Waals surface area contributed by atoms with Crippen LogP contribution in [0.1, 0.15) is 102 Å². The van der Waals surface area contributed by atoms with Gasteiger partial charge in [-0.05, 0) is 96.5 Å². The molecule has 61 heavy (non-hydrogen) atoms. The van der Waals surface area contributed by atoms with Crippen molar-refractivity contribution in [1.82, 2.24) is 15.5 Å². The number of ether oxygens (including phenoxy) is 2. The van der Waals surface area contributed by atoms with E-state index < -0.39 is 0 Å². The number of piperidine rings is 1. The Labute approximate surface area is 361 Å². The van der Waals surface area contributed by atoms with Gasteiger partial charge in [-0.2, -0.15) is 0 Å². The molecule has 0 bridgehead atoms. The van der Waals surface area contributed by atoms with Gasteiger partial charge >= 0.3 is 0 Å². The second-order valence-electron chi connectivity index (χ2n) is 16.6. The van der Waals surface area contributed by atoms with E-state index >= 15 is 0 Å².